The van der Waals surface area contributed by atoms with Gasteiger partial charge in [-0.3, -0.25) is 4.79 Å². The minimum Gasteiger partial charge on any atom is -0.487 e. The predicted octanol–water partition coefficient (Wildman–Crippen LogP) is 5.10. The summed E-state index contributed by atoms with van der Waals surface area (Å²) >= 11 is 1.61. The smallest absolute Gasteiger partial charge is 0.253 e. The van der Waals surface area contributed by atoms with Crippen molar-refractivity contribution in [2.75, 3.05) is 7.05 Å². The summed E-state index contributed by atoms with van der Waals surface area (Å²) in [5, 5.41) is 0.921. The second-order valence-corrected chi connectivity index (χ2v) is 8.82. The number of benzene rings is 2. The topological polar surface area (TPSA) is 59.7 Å². The van der Waals surface area contributed by atoms with E-state index in [0.29, 0.717) is 24.5 Å². The first-order chi connectivity index (χ1) is 15.6. The molecule has 1 amide bonds. The number of hydrogen-bond acceptors (Lipinski definition) is 5. The van der Waals surface area contributed by atoms with E-state index in [-0.39, 0.29) is 5.91 Å². The molecule has 0 saturated carbocycles. The van der Waals surface area contributed by atoms with Crippen molar-refractivity contribution in [2.45, 2.75) is 20.1 Å². The van der Waals surface area contributed by atoms with Crippen molar-refractivity contribution in [1.82, 2.24) is 19.3 Å². The third-order valence-electron chi connectivity index (χ3n) is 5.27. The number of fused-ring (bicyclic) bond motifs is 2. The molecule has 32 heavy (non-hydrogen) atoms. The highest BCUT2D eigenvalue weighted by atomic mass is 32.1. The van der Waals surface area contributed by atoms with E-state index in [1.165, 1.54) is 0 Å². The maximum Gasteiger partial charge on any atom is 0.253 e. The quantitative estimate of drug-likeness (QED) is 0.367. The lowest BCUT2D eigenvalue weighted by molar-refractivity contribution is 0.0785. The summed E-state index contributed by atoms with van der Waals surface area (Å²) in [7, 11) is 1.80. The van der Waals surface area contributed by atoms with E-state index in [2.05, 4.69) is 9.97 Å². The fraction of sp³-hybridized carbons (Fsp3) is 0.160. The van der Waals surface area contributed by atoms with E-state index in [1.807, 2.05) is 72.2 Å². The van der Waals surface area contributed by atoms with Gasteiger partial charge in [0.05, 0.1) is 22.5 Å². The lowest BCUT2D eigenvalue weighted by Gasteiger charge is -2.16. The van der Waals surface area contributed by atoms with E-state index in [0.717, 1.165) is 32.1 Å². The minimum absolute atomic E-state index is 0.0494. The molecule has 0 fully saturated rings. The highest BCUT2D eigenvalue weighted by molar-refractivity contribution is 7.18. The summed E-state index contributed by atoms with van der Waals surface area (Å²) in [6.07, 6.45) is 3.95. The standard InChI is InChI=1S/C25H22N4O2S/c1-17-6-5-13-29-14-19(26-24(17)29)16-31-20-11-9-18(10-12-20)25(30)28(2)15-23-27-21-7-3-4-8-22(21)32-23/h3-14H,15-16H2,1-2H3. The Morgan fingerprint density at radius 3 is 2.66 bits per heavy atom. The molecule has 0 N–H and O–H groups in total. The molecule has 0 aliphatic carbocycles. The Labute approximate surface area is 189 Å². The van der Waals surface area contributed by atoms with Crippen molar-refractivity contribution in [3.05, 3.63) is 94.9 Å². The van der Waals surface area contributed by atoms with Crippen LogP contribution in [0.1, 0.15) is 26.6 Å². The number of ether oxygens (including phenoxy) is 1. The van der Waals surface area contributed by atoms with Crippen LogP contribution in [0.2, 0.25) is 0 Å². The van der Waals surface area contributed by atoms with Gasteiger partial charge in [0.25, 0.3) is 5.91 Å². The van der Waals surface area contributed by atoms with Crippen LogP contribution in [0.4, 0.5) is 0 Å². The number of rotatable bonds is 6. The summed E-state index contributed by atoms with van der Waals surface area (Å²) in [6.45, 7) is 2.88. The molecule has 0 saturated heterocycles. The third kappa shape index (κ3) is 4.07. The van der Waals surface area contributed by atoms with Crippen LogP contribution >= 0.6 is 11.3 Å². The molecule has 5 aromatic rings. The minimum atomic E-state index is -0.0494. The van der Waals surface area contributed by atoms with Gasteiger partial charge < -0.3 is 14.0 Å². The molecule has 3 aromatic heterocycles. The van der Waals surface area contributed by atoms with Gasteiger partial charge in [0.15, 0.2) is 0 Å². The number of aryl methyl sites for hydroxylation is 1. The monoisotopic (exact) mass is 442 g/mol. The van der Waals surface area contributed by atoms with Gasteiger partial charge in [0.2, 0.25) is 0 Å². The van der Waals surface area contributed by atoms with Gasteiger partial charge in [-0.1, -0.05) is 18.2 Å². The van der Waals surface area contributed by atoms with Crippen LogP contribution in [0.3, 0.4) is 0 Å². The largest absolute Gasteiger partial charge is 0.487 e. The summed E-state index contributed by atoms with van der Waals surface area (Å²) < 4.78 is 9.00. The molecule has 0 bridgehead atoms. The summed E-state index contributed by atoms with van der Waals surface area (Å²) in [6, 6.07) is 19.3. The number of carbonyl (C=O) groups excluding carboxylic acids is 1. The molecule has 0 atom stereocenters. The zero-order valence-corrected chi connectivity index (χ0v) is 18.7. The number of hydrogen-bond donors (Lipinski definition) is 0. The molecule has 0 aliphatic heterocycles. The lowest BCUT2D eigenvalue weighted by atomic mass is 10.2. The lowest BCUT2D eigenvalue weighted by Crippen LogP contribution is -2.26. The summed E-state index contributed by atoms with van der Waals surface area (Å²) in [5.74, 6) is 0.649. The Hall–Kier alpha value is -3.71. The molecule has 0 aliphatic rings. The number of carbonyl (C=O) groups is 1. The number of aromatic nitrogens is 3. The average molecular weight is 443 g/mol. The van der Waals surface area contributed by atoms with Gasteiger partial charge in [-0.25, -0.2) is 9.97 Å². The zero-order chi connectivity index (χ0) is 22.1. The number of nitrogens with zero attached hydrogens (tertiary/aromatic N) is 4. The molecule has 5 rings (SSSR count). The Morgan fingerprint density at radius 1 is 1.06 bits per heavy atom. The maximum absolute atomic E-state index is 12.8. The maximum atomic E-state index is 12.8. The van der Waals surface area contributed by atoms with E-state index >= 15 is 0 Å². The van der Waals surface area contributed by atoms with Gasteiger partial charge in [-0.2, -0.15) is 0 Å². The Morgan fingerprint density at radius 2 is 1.88 bits per heavy atom. The predicted molar refractivity (Wildman–Crippen MR) is 126 cm³/mol. The zero-order valence-electron chi connectivity index (χ0n) is 17.9. The van der Waals surface area contributed by atoms with Gasteiger partial charge in [-0.05, 0) is 55.0 Å². The second kappa shape index (κ2) is 8.43. The van der Waals surface area contributed by atoms with E-state index in [4.69, 9.17) is 4.74 Å². The van der Waals surface area contributed by atoms with Crippen LogP contribution in [-0.4, -0.2) is 32.2 Å². The van der Waals surface area contributed by atoms with Crippen molar-refractivity contribution in [3.63, 3.8) is 0 Å². The van der Waals surface area contributed by atoms with Crippen LogP contribution in [0.5, 0.6) is 5.75 Å². The molecule has 6 nitrogen and oxygen atoms in total. The van der Waals surface area contributed by atoms with Crippen molar-refractivity contribution < 1.29 is 9.53 Å². The molecule has 160 valence electrons. The van der Waals surface area contributed by atoms with Crippen molar-refractivity contribution in [2.24, 2.45) is 0 Å². The van der Waals surface area contributed by atoms with Crippen molar-refractivity contribution in [1.29, 1.82) is 0 Å². The first-order valence-electron chi connectivity index (χ1n) is 10.3. The van der Waals surface area contributed by atoms with Gasteiger partial charge >= 0.3 is 0 Å². The highest BCUT2D eigenvalue weighted by Crippen LogP contribution is 2.23. The number of amides is 1. The van der Waals surface area contributed by atoms with Gasteiger partial charge in [0, 0.05) is 25.0 Å². The molecular formula is C25H22N4O2S. The highest BCUT2D eigenvalue weighted by Gasteiger charge is 2.14. The third-order valence-corrected chi connectivity index (χ3v) is 6.29. The van der Waals surface area contributed by atoms with E-state index in [1.54, 1.807) is 35.4 Å². The number of para-hydroxylation sites is 1. The first-order valence-corrected chi connectivity index (χ1v) is 11.1. The number of pyridine rings is 1. The fourth-order valence-electron chi connectivity index (χ4n) is 3.61. The van der Waals surface area contributed by atoms with E-state index < -0.39 is 0 Å². The Kier molecular flexibility index (Phi) is 5.33. The Bertz CT molecular complexity index is 1370. The molecule has 0 spiro atoms. The molecule has 2 aromatic carbocycles. The van der Waals surface area contributed by atoms with Gasteiger partial charge in [0.1, 0.15) is 23.0 Å². The van der Waals surface area contributed by atoms with Crippen LogP contribution < -0.4 is 4.74 Å². The van der Waals surface area contributed by atoms with Crippen molar-refractivity contribution in [3.8, 4) is 5.75 Å². The van der Waals surface area contributed by atoms with Crippen LogP contribution in [0, 0.1) is 6.92 Å². The second-order valence-electron chi connectivity index (χ2n) is 7.70. The van der Waals surface area contributed by atoms with E-state index in [9.17, 15) is 4.79 Å². The SMILES string of the molecule is Cc1cccn2cc(COc3ccc(C(=O)N(C)Cc4nc5ccccc5s4)cc3)nc12. The van der Waals surface area contributed by atoms with Crippen molar-refractivity contribution >= 4 is 33.1 Å². The summed E-state index contributed by atoms with van der Waals surface area (Å²) in [5.41, 5.74) is 4.50. The molecule has 7 heteroatoms. The fourth-order valence-corrected chi connectivity index (χ4v) is 4.63. The van der Waals surface area contributed by atoms with Crippen LogP contribution in [0.15, 0.2) is 73.1 Å². The van der Waals surface area contributed by atoms with Crippen LogP contribution in [-0.2, 0) is 13.2 Å². The first kappa shape index (κ1) is 20.2. The Balaban J connectivity index is 1.22. The molecule has 3 heterocycles. The molecule has 0 radical (unpaired) electrons. The normalized spacial score (nSPS) is 11.2. The molecule has 0 unspecified atom stereocenters. The van der Waals surface area contributed by atoms with Gasteiger partial charge in [-0.15, -0.1) is 11.3 Å². The number of imidazole rings is 1. The van der Waals surface area contributed by atoms with Crippen LogP contribution in [0.25, 0.3) is 15.9 Å². The average Bonchev–Trinajstić information content (AvgIpc) is 3.41. The number of thiazole rings is 1. The molecular weight excluding hydrogens is 420 g/mol. The summed E-state index contributed by atoms with van der Waals surface area (Å²) in [4.78, 5) is 23.8.